The van der Waals surface area contributed by atoms with E-state index >= 15 is 0 Å². The number of rotatable bonds is 4. The smallest absolute Gasteiger partial charge is 0.257 e. The zero-order valence-corrected chi connectivity index (χ0v) is 17.5. The molecule has 1 aliphatic carbocycles. The van der Waals surface area contributed by atoms with Crippen LogP contribution in [0.4, 0.5) is 5.69 Å². The third-order valence-corrected chi connectivity index (χ3v) is 6.20. The summed E-state index contributed by atoms with van der Waals surface area (Å²) in [6, 6.07) is 7.02. The average Bonchev–Trinajstić information content (AvgIpc) is 3.34. The van der Waals surface area contributed by atoms with Gasteiger partial charge >= 0.3 is 0 Å². The number of anilines is 1. The molecule has 1 unspecified atom stereocenters. The van der Waals surface area contributed by atoms with Crippen molar-refractivity contribution in [3.63, 3.8) is 0 Å². The molecular weight excluding hydrogens is 400 g/mol. The molecule has 0 bridgehead atoms. The largest absolute Gasteiger partial charge is 0.345 e. The molecular formula is C22H22N4O3S. The lowest BCUT2D eigenvalue weighted by Gasteiger charge is -2.13. The molecule has 154 valence electrons. The van der Waals surface area contributed by atoms with Crippen molar-refractivity contribution in [3.8, 4) is 11.8 Å². The number of aryl methyl sites for hydroxylation is 1. The van der Waals surface area contributed by atoms with Crippen molar-refractivity contribution in [3.05, 3.63) is 51.4 Å². The van der Waals surface area contributed by atoms with Gasteiger partial charge in [0.1, 0.15) is 0 Å². The zero-order valence-electron chi connectivity index (χ0n) is 16.7. The van der Waals surface area contributed by atoms with Crippen LogP contribution >= 0.6 is 11.8 Å². The molecule has 1 atom stereocenters. The first-order valence-corrected chi connectivity index (χ1v) is 10.9. The van der Waals surface area contributed by atoms with E-state index in [9.17, 15) is 14.4 Å². The number of aromatic nitrogens is 2. The zero-order chi connectivity index (χ0) is 21.1. The lowest BCUT2D eigenvalue weighted by Crippen LogP contribution is -2.32. The van der Waals surface area contributed by atoms with Crippen molar-refractivity contribution in [2.24, 2.45) is 0 Å². The van der Waals surface area contributed by atoms with Crippen molar-refractivity contribution in [1.29, 1.82) is 0 Å². The molecule has 7 nitrogen and oxygen atoms in total. The fourth-order valence-electron chi connectivity index (χ4n) is 3.72. The Kier molecular flexibility index (Phi) is 5.91. The van der Waals surface area contributed by atoms with E-state index in [-0.39, 0.29) is 36.4 Å². The van der Waals surface area contributed by atoms with Crippen molar-refractivity contribution >= 4 is 29.3 Å². The molecule has 0 fully saturated rings. The molecule has 2 amide bonds. The van der Waals surface area contributed by atoms with Crippen molar-refractivity contribution < 1.29 is 9.59 Å². The van der Waals surface area contributed by atoms with Gasteiger partial charge in [0.2, 0.25) is 11.8 Å². The highest BCUT2D eigenvalue weighted by Gasteiger charge is 2.30. The summed E-state index contributed by atoms with van der Waals surface area (Å²) in [5.41, 5.74) is 3.29. The minimum Gasteiger partial charge on any atom is -0.345 e. The predicted octanol–water partition coefficient (Wildman–Crippen LogP) is 1.90. The van der Waals surface area contributed by atoms with Crippen LogP contribution in [0.1, 0.15) is 42.6 Å². The maximum absolute atomic E-state index is 12.8. The van der Waals surface area contributed by atoms with Crippen LogP contribution < -0.4 is 16.2 Å². The van der Waals surface area contributed by atoms with Gasteiger partial charge in [-0.3, -0.25) is 19.0 Å². The summed E-state index contributed by atoms with van der Waals surface area (Å²) in [5.74, 6) is 6.34. The second-order valence-corrected chi connectivity index (χ2v) is 8.34. The molecule has 8 heteroatoms. The van der Waals surface area contributed by atoms with Gasteiger partial charge in [-0.05, 0) is 43.5 Å². The van der Waals surface area contributed by atoms with Crippen LogP contribution in [0.5, 0.6) is 0 Å². The predicted molar refractivity (Wildman–Crippen MR) is 116 cm³/mol. The Labute approximate surface area is 178 Å². The van der Waals surface area contributed by atoms with Gasteiger partial charge in [0.15, 0.2) is 5.16 Å². The first kappa shape index (κ1) is 20.2. The highest BCUT2D eigenvalue weighted by molar-refractivity contribution is 7.99. The van der Waals surface area contributed by atoms with Crippen LogP contribution in [0.25, 0.3) is 0 Å². The molecule has 1 aromatic carbocycles. The monoisotopic (exact) mass is 422 g/mol. The lowest BCUT2D eigenvalue weighted by molar-refractivity contribution is -0.121. The van der Waals surface area contributed by atoms with Crippen LogP contribution in [0.15, 0.2) is 34.2 Å². The van der Waals surface area contributed by atoms with E-state index in [1.165, 1.54) is 6.92 Å². The molecule has 2 N–H and O–H groups in total. The standard InChI is InChI=1S/C22H22N4O3S/c1-14(27)24-16-9-7-15(8-10-16)4-3-11-23-20(28)12-17-13-30-22-25-19-6-2-5-18(19)21(29)26(17)22/h7-10,17H,2,5-6,11-13H2,1H3,(H,23,28)(H,24,27). The van der Waals surface area contributed by atoms with Crippen molar-refractivity contribution in [2.45, 2.75) is 43.8 Å². The Hall–Kier alpha value is -3.05. The van der Waals surface area contributed by atoms with Gasteiger partial charge in [-0.2, -0.15) is 0 Å². The number of thioether (sulfide) groups is 1. The lowest BCUT2D eigenvalue weighted by atomic mass is 10.2. The Morgan fingerprint density at radius 1 is 1.27 bits per heavy atom. The number of hydrogen-bond acceptors (Lipinski definition) is 5. The van der Waals surface area contributed by atoms with E-state index in [4.69, 9.17) is 0 Å². The highest BCUT2D eigenvalue weighted by Crippen LogP contribution is 2.33. The number of nitrogens with zero attached hydrogens (tertiary/aromatic N) is 2. The normalized spacial score (nSPS) is 16.2. The van der Waals surface area contributed by atoms with Crippen molar-refractivity contribution in [2.75, 3.05) is 17.6 Å². The summed E-state index contributed by atoms with van der Waals surface area (Å²) in [4.78, 5) is 40.8. The summed E-state index contributed by atoms with van der Waals surface area (Å²) < 4.78 is 1.71. The summed E-state index contributed by atoms with van der Waals surface area (Å²) in [5, 5.41) is 6.24. The van der Waals surface area contributed by atoms with Crippen molar-refractivity contribution in [1.82, 2.24) is 14.9 Å². The molecule has 1 aromatic heterocycles. The molecule has 30 heavy (non-hydrogen) atoms. The van der Waals surface area contributed by atoms with Crippen LogP contribution in [-0.4, -0.2) is 33.7 Å². The van der Waals surface area contributed by atoms with E-state index in [0.29, 0.717) is 11.4 Å². The van der Waals surface area contributed by atoms with Gasteiger partial charge in [0, 0.05) is 35.9 Å². The second-order valence-electron chi connectivity index (χ2n) is 7.35. The number of hydrogen-bond donors (Lipinski definition) is 2. The van der Waals surface area contributed by atoms with Crippen LogP contribution in [0.3, 0.4) is 0 Å². The second kappa shape index (κ2) is 8.76. The van der Waals surface area contributed by atoms with Gasteiger partial charge in [0.05, 0.1) is 18.3 Å². The number of benzene rings is 1. The van der Waals surface area contributed by atoms with Crippen LogP contribution in [0, 0.1) is 11.8 Å². The molecule has 0 saturated heterocycles. The molecule has 0 radical (unpaired) electrons. The number of carbonyl (C=O) groups excluding carboxylic acids is 2. The van der Waals surface area contributed by atoms with Crippen LogP contribution in [-0.2, 0) is 22.4 Å². The van der Waals surface area contributed by atoms with E-state index in [1.807, 2.05) is 12.1 Å². The van der Waals surface area contributed by atoms with Gasteiger partial charge in [0.25, 0.3) is 5.56 Å². The number of nitrogens with one attached hydrogen (secondary N) is 2. The number of amides is 2. The quantitative estimate of drug-likeness (QED) is 0.580. The first-order valence-electron chi connectivity index (χ1n) is 9.91. The summed E-state index contributed by atoms with van der Waals surface area (Å²) in [6.45, 7) is 1.69. The molecule has 2 aromatic rings. The van der Waals surface area contributed by atoms with Gasteiger partial charge < -0.3 is 10.6 Å². The minimum atomic E-state index is -0.162. The van der Waals surface area contributed by atoms with E-state index in [1.54, 1.807) is 28.5 Å². The van der Waals surface area contributed by atoms with Gasteiger partial charge in [-0.25, -0.2) is 4.98 Å². The number of fused-ring (bicyclic) bond motifs is 2. The number of carbonyl (C=O) groups is 2. The average molecular weight is 423 g/mol. The molecule has 2 heterocycles. The maximum Gasteiger partial charge on any atom is 0.257 e. The fraction of sp³-hybridized carbons (Fsp3) is 0.364. The molecule has 4 rings (SSSR count). The maximum atomic E-state index is 12.8. The summed E-state index contributed by atoms with van der Waals surface area (Å²) in [7, 11) is 0. The molecule has 2 aliphatic rings. The Morgan fingerprint density at radius 2 is 2.07 bits per heavy atom. The summed E-state index contributed by atoms with van der Waals surface area (Å²) in [6.07, 6.45) is 2.88. The minimum absolute atomic E-state index is 0.0257. The van der Waals surface area contributed by atoms with Crippen LogP contribution in [0.2, 0.25) is 0 Å². The molecule has 0 saturated carbocycles. The van der Waals surface area contributed by atoms with E-state index in [0.717, 1.165) is 41.2 Å². The molecule has 1 aliphatic heterocycles. The van der Waals surface area contributed by atoms with Gasteiger partial charge in [-0.15, -0.1) is 0 Å². The first-order chi connectivity index (χ1) is 14.5. The van der Waals surface area contributed by atoms with E-state index in [2.05, 4.69) is 27.5 Å². The van der Waals surface area contributed by atoms with E-state index < -0.39 is 0 Å². The summed E-state index contributed by atoms with van der Waals surface area (Å²) >= 11 is 1.55. The third kappa shape index (κ3) is 4.41. The Balaban J connectivity index is 1.32. The third-order valence-electron chi connectivity index (χ3n) is 5.11. The SMILES string of the molecule is CC(=O)Nc1ccc(C#CCNC(=O)CC2CSc3nc4c(c(=O)n32)CCC4)cc1. The Bertz CT molecular complexity index is 1110. The fourth-order valence-corrected chi connectivity index (χ4v) is 4.87. The van der Waals surface area contributed by atoms with Gasteiger partial charge in [-0.1, -0.05) is 23.6 Å². The Morgan fingerprint density at radius 3 is 2.83 bits per heavy atom. The molecule has 0 spiro atoms. The highest BCUT2D eigenvalue weighted by atomic mass is 32.2. The topological polar surface area (TPSA) is 93.1 Å².